The third-order valence-electron chi connectivity index (χ3n) is 8.05. The molecule has 0 spiro atoms. The molecule has 6 aromatic rings. The molecule has 13 nitrogen and oxygen atoms in total. The number of hydrogen-bond acceptors (Lipinski definition) is 7. The molecule has 21 heteroatoms. The van der Waals surface area contributed by atoms with Crippen molar-refractivity contribution in [2.45, 2.75) is 31.1 Å². The number of nitrogens with zero attached hydrogens (tertiary/aromatic N) is 4. The number of aromatic nitrogens is 4. The van der Waals surface area contributed by atoms with Crippen LogP contribution in [0.25, 0.3) is 33.9 Å². The maximum absolute atomic E-state index is 13.2. The van der Waals surface area contributed by atoms with Gasteiger partial charge in [-0.2, -0.15) is 45.0 Å². The number of rotatable bonds is 8. The van der Waals surface area contributed by atoms with Gasteiger partial charge in [-0.15, -0.1) is 0 Å². The Balaban J connectivity index is 0.000000214. The van der Waals surface area contributed by atoms with Gasteiger partial charge in [-0.3, -0.25) is 9.52 Å². The van der Waals surface area contributed by atoms with Crippen LogP contribution in [0.4, 0.5) is 32.0 Å². The normalized spacial score (nSPS) is 12.2. The second-order valence-corrected chi connectivity index (χ2v) is 15.0. The Labute approximate surface area is 315 Å². The average molecular weight is 821 g/mol. The molecule has 0 saturated carbocycles. The Morgan fingerprint density at radius 1 is 0.625 bits per heavy atom. The van der Waals surface area contributed by atoms with Crippen molar-refractivity contribution in [1.29, 1.82) is 0 Å². The lowest BCUT2D eigenvalue weighted by atomic mass is 10.0. The highest BCUT2D eigenvalue weighted by Crippen LogP contribution is 2.35. The van der Waals surface area contributed by atoms with Gasteiger partial charge in [-0.05, 0) is 104 Å². The molecule has 0 bridgehead atoms. The number of primary amides is 1. The van der Waals surface area contributed by atoms with E-state index in [4.69, 9.17) is 16.0 Å². The van der Waals surface area contributed by atoms with E-state index in [9.17, 15) is 48.0 Å². The standard InChI is InChI=1S/C18H17F3N4O2S.C17H13F3N4O3S/c1-11-3-4-13(9-12(11)2)16-10-17(18(19,20)21)23-25(16)15-7-5-14(6-8-15)24-28(22,26)27;18-17(19,20)15-9-14(10-1-3-11(4-2-10)16(21)25)24(23-15)12-5-7-13(8-6-12)28(22,26)27/h3-10,24H,1-2H3,(H2,22,26,27);1-9H,(H2,21,25)(H2,22,26,27). The zero-order valence-electron chi connectivity index (χ0n) is 29.0. The Morgan fingerprint density at radius 3 is 1.48 bits per heavy atom. The van der Waals surface area contributed by atoms with Gasteiger partial charge in [-0.25, -0.2) is 28.1 Å². The largest absolute Gasteiger partial charge is 0.435 e. The van der Waals surface area contributed by atoms with Crippen molar-refractivity contribution in [3.05, 3.63) is 131 Å². The Morgan fingerprint density at radius 2 is 1.07 bits per heavy atom. The molecule has 0 aliphatic carbocycles. The molecular weight excluding hydrogens is 791 g/mol. The van der Waals surface area contributed by atoms with E-state index in [1.165, 1.54) is 77.5 Å². The van der Waals surface area contributed by atoms with Crippen LogP contribution in [0.1, 0.15) is 32.9 Å². The summed E-state index contributed by atoms with van der Waals surface area (Å²) >= 11 is 0. The zero-order valence-corrected chi connectivity index (χ0v) is 30.6. The van der Waals surface area contributed by atoms with Crippen molar-refractivity contribution in [2.75, 3.05) is 4.72 Å². The summed E-state index contributed by atoms with van der Waals surface area (Å²) < 4.78 is 128. The number of halogens is 6. The Kier molecular flexibility index (Phi) is 11.2. The predicted molar refractivity (Wildman–Crippen MR) is 194 cm³/mol. The summed E-state index contributed by atoms with van der Waals surface area (Å²) in [5, 5.41) is 17.3. The van der Waals surface area contributed by atoms with Gasteiger partial charge in [-0.1, -0.05) is 24.3 Å². The van der Waals surface area contributed by atoms with Gasteiger partial charge < -0.3 is 5.73 Å². The molecular formula is C35H30F6N8O5S2. The molecule has 0 saturated heterocycles. The van der Waals surface area contributed by atoms with Gasteiger partial charge in [0.15, 0.2) is 11.4 Å². The van der Waals surface area contributed by atoms with E-state index in [0.29, 0.717) is 16.8 Å². The third kappa shape index (κ3) is 9.79. The zero-order chi connectivity index (χ0) is 41.4. The Hall–Kier alpha value is -6.03. The van der Waals surface area contributed by atoms with Gasteiger partial charge in [0.05, 0.1) is 27.7 Å². The van der Waals surface area contributed by atoms with Crippen molar-refractivity contribution in [3.8, 4) is 33.9 Å². The summed E-state index contributed by atoms with van der Waals surface area (Å²) in [5.41, 5.74) is 7.17. The molecule has 0 unspecified atom stereocenters. The van der Waals surface area contributed by atoms with Gasteiger partial charge in [0.25, 0.3) is 10.2 Å². The highest BCUT2D eigenvalue weighted by Gasteiger charge is 2.36. The molecule has 56 heavy (non-hydrogen) atoms. The maximum Gasteiger partial charge on any atom is 0.435 e. The molecule has 0 radical (unpaired) electrons. The summed E-state index contributed by atoms with van der Waals surface area (Å²) in [7, 11) is -7.90. The molecule has 4 aromatic carbocycles. The molecule has 2 aromatic heterocycles. The fourth-order valence-corrected chi connectivity index (χ4v) is 6.14. The summed E-state index contributed by atoms with van der Waals surface area (Å²) in [6, 6.07) is 23.4. The first-order chi connectivity index (χ1) is 25.9. The lowest BCUT2D eigenvalue weighted by molar-refractivity contribution is -0.142. The first-order valence-electron chi connectivity index (χ1n) is 15.8. The van der Waals surface area contributed by atoms with Crippen molar-refractivity contribution in [3.63, 3.8) is 0 Å². The Bertz CT molecular complexity index is 2620. The van der Waals surface area contributed by atoms with Crippen LogP contribution in [0.3, 0.4) is 0 Å². The van der Waals surface area contributed by atoms with E-state index < -0.39 is 49.9 Å². The van der Waals surface area contributed by atoms with E-state index in [1.807, 2.05) is 19.9 Å². The second kappa shape index (κ2) is 15.2. The van der Waals surface area contributed by atoms with Crippen LogP contribution in [0.15, 0.2) is 108 Å². The van der Waals surface area contributed by atoms with Gasteiger partial charge in [0, 0.05) is 22.4 Å². The van der Waals surface area contributed by atoms with Crippen LogP contribution >= 0.6 is 0 Å². The number of carbonyl (C=O) groups is 1. The molecule has 0 fully saturated rings. The van der Waals surface area contributed by atoms with E-state index in [0.717, 1.165) is 27.9 Å². The number of anilines is 1. The van der Waals surface area contributed by atoms with Crippen molar-refractivity contribution >= 4 is 31.8 Å². The number of primary sulfonamides is 1. The maximum atomic E-state index is 13.2. The summed E-state index contributed by atoms with van der Waals surface area (Å²) in [6.45, 7) is 3.78. The van der Waals surface area contributed by atoms with Gasteiger partial charge in [0.1, 0.15) is 0 Å². The number of hydrogen-bond donors (Lipinski definition) is 4. The van der Waals surface area contributed by atoms with Crippen LogP contribution in [0.2, 0.25) is 0 Å². The van der Waals surface area contributed by atoms with Crippen LogP contribution < -0.4 is 20.7 Å². The fraction of sp³-hybridized carbons (Fsp3) is 0.114. The second-order valence-electron chi connectivity index (χ2n) is 12.1. The summed E-state index contributed by atoms with van der Waals surface area (Å²) in [6.07, 6.45) is -9.29. The number of alkyl halides is 6. The third-order valence-corrected chi connectivity index (χ3v) is 9.50. The van der Waals surface area contributed by atoms with Crippen molar-refractivity contribution < 1.29 is 48.0 Å². The molecule has 2 heterocycles. The van der Waals surface area contributed by atoms with E-state index >= 15 is 0 Å². The lowest BCUT2D eigenvalue weighted by Gasteiger charge is -2.10. The SMILES string of the molecule is Cc1ccc(-c2cc(C(F)(F)F)nn2-c2ccc(NS(N)(=O)=O)cc2)cc1C.NC(=O)c1ccc(-c2cc(C(F)(F)F)nn2-c2ccc(S(N)(=O)=O)cc2)cc1. The average Bonchev–Trinajstić information content (AvgIpc) is 3.76. The highest BCUT2D eigenvalue weighted by molar-refractivity contribution is 7.90. The highest BCUT2D eigenvalue weighted by atomic mass is 32.2. The summed E-state index contributed by atoms with van der Waals surface area (Å²) in [4.78, 5) is 11.0. The van der Waals surface area contributed by atoms with Crippen LogP contribution in [0.5, 0.6) is 0 Å². The monoisotopic (exact) mass is 820 g/mol. The first kappa shape index (κ1) is 41.1. The minimum atomic E-state index is -4.69. The van der Waals surface area contributed by atoms with Gasteiger partial charge >= 0.3 is 12.4 Å². The van der Waals surface area contributed by atoms with Gasteiger partial charge in [0.2, 0.25) is 15.9 Å². The minimum absolute atomic E-state index is 0.0895. The lowest BCUT2D eigenvalue weighted by Crippen LogP contribution is -2.21. The number of nitrogens with one attached hydrogen (secondary N) is 1. The number of nitrogens with two attached hydrogens (primary N) is 3. The van der Waals surface area contributed by atoms with Crippen LogP contribution in [-0.2, 0) is 32.6 Å². The van der Waals surface area contributed by atoms with Crippen molar-refractivity contribution in [2.24, 2.45) is 16.0 Å². The summed E-state index contributed by atoms with van der Waals surface area (Å²) in [5.74, 6) is -0.672. The number of sulfonamides is 1. The molecule has 0 atom stereocenters. The molecule has 294 valence electrons. The number of amides is 1. The van der Waals surface area contributed by atoms with E-state index in [2.05, 4.69) is 14.9 Å². The number of benzene rings is 4. The minimum Gasteiger partial charge on any atom is -0.366 e. The molecule has 6 rings (SSSR count). The molecule has 0 aliphatic heterocycles. The molecule has 7 N–H and O–H groups in total. The van der Waals surface area contributed by atoms with Crippen LogP contribution in [0, 0.1) is 13.8 Å². The topological polar surface area (TPSA) is 211 Å². The first-order valence-corrected chi connectivity index (χ1v) is 18.9. The quantitative estimate of drug-likeness (QED) is 0.133. The van der Waals surface area contributed by atoms with Crippen LogP contribution in [-0.4, -0.2) is 42.3 Å². The number of aryl methyl sites for hydroxylation is 2. The predicted octanol–water partition coefficient (Wildman–Crippen LogP) is 6.09. The molecule has 1 amide bonds. The molecule has 0 aliphatic rings. The smallest absolute Gasteiger partial charge is 0.366 e. The van der Waals surface area contributed by atoms with Crippen molar-refractivity contribution in [1.82, 2.24) is 19.6 Å². The van der Waals surface area contributed by atoms with E-state index in [-0.39, 0.29) is 33.2 Å². The fourth-order valence-electron chi connectivity index (χ4n) is 5.16. The number of carbonyl (C=O) groups excluding carboxylic acids is 1. The van der Waals surface area contributed by atoms with E-state index in [1.54, 1.807) is 12.1 Å².